The van der Waals surface area contributed by atoms with E-state index in [1.165, 1.54) is 30.0 Å². The van der Waals surface area contributed by atoms with E-state index in [1.807, 2.05) is 16.9 Å². The first-order valence-corrected chi connectivity index (χ1v) is 16.6. The lowest BCUT2D eigenvalue weighted by molar-refractivity contribution is -0.142. The van der Waals surface area contributed by atoms with Gasteiger partial charge in [-0.2, -0.15) is 18.3 Å². The third-order valence-electron chi connectivity index (χ3n) is 8.14. The maximum Gasteiger partial charge on any atom is 0.434 e. The molecule has 48 heavy (non-hydrogen) atoms. The maximum absolute atomic E-state index is 14.3. The van der Waals surface area contributed by atoms with Crippen molar-refractivity contribution >= 4 is 55.8 Å². The van der Waals surface area contributed by atoms with Gasteiger partial charge in [0.2, 0.25) is 0 Å². The maximum atomic E-state index is 14.3. The van der Waals surface area contributed by atoms with E-state index >= 15 is 0 Å². The number of halogens is 5. The zero-order chi connectivity index (χ0) is 34.5. The van der Waals surface area contributed by atoms with Crippen LogP contribution < -0.4 is 4.72 Å². The van der Waals surface area contributed by atoms with E-state index < -0.39 is 56.9 Å². The van der Waals surface area contributed by atoms with E-state index in [9.17, 15) is 36.3 Å². The van der Waals surface area contributed by atoms with Crippen LogP contribution in [0.5, 0.6) is 0 Å². The highest BCUT2D eigenvalue weighted by Crippen LogP contribution is 2.39. The van der Waals surface area contributed by atoms with Crippen molar-refractivity contribution in [1.82, 2.24) is 19.4 Å². The first-order chi connectivity index (χ1) is 22.7. The number of alkyl halides is 3. The number of carbonyl (C=O) groups excluding carboxylic acids is 2. The van der Waals surface area contributed by atoms with Crippen LogP contribution in [0.4, 0.5) is 13.2 Å². The molecule has 2 heterocycles. The minimum Gasteiger partial charge on any atom is -0.394 e. The fourth-order valence-electron chi connectivity index (χ4n) is 5.72. The molecule has 9 nitrogen and oxygen atoms in total. The summed E-state index contributed by atoms with van der Waals surface area (Å²) in [7, 11) is -4.48. The van der Waals surface area contributed by atoms with Crippen molar-refractivity contribution in [1.29, 1.82) is 0 Å². The standard InChI is InChI=1S/C33H25Cl2F3N4O5S/c1-18-29(35)30(33(36,37)38)42(39-18)28-12-10-21(14-26(28)32(45)41-16-22-6-3-2-5-20(22)13-23(41)17-43)31(44)40-48(46,47)24-11-9-19-7-4-8-27(34)25(19)15-24/h2-12,14-15,23,43H,13,16-17H2,1H3,(H,40,44)/t23-/m0/s1. The molecule has 0 aliphatic carbocycles. The molecule has 6 rings (SSSR count). The number of nitrogens with zero attached hydrogens (tertiary/aromatic N) is 3. The van der Waals surface area contributed by atoms with E-state index in [-0.39, 0.29) is 34.8 Å². The predicted octanol–water partition coefficient (Wildman–Crippen LogP) is 6.34. The first kappa shape index (κ1) is 33.5. The van der Waals surface area contributed by atoms with E-state index in [2.05, 4.69) is 5.10 Å². The first-order valence-electron chi connectivity index (χ1n) is 14.4. The largest absolute Gasteiger partial charge is 0.434 e. The average molecular weight is 718 g/mol. The Morgan fingerprint density at radius 1 is 1.00 bits per heavy atom. The number of rotatable bonds is 6. The van der Waals surface area contributed by atoms with Gasteiger partial charge < -0.3 is 10.0 Å². The Labute approximate surface area is 282 Å². The average Bonchev–Trinajstić information content (AvgIpc) is 3.37. The van der Waals surface area contributed by atoms with Crippen molar-refractivity contribution in [2.24, 2.45) is 0 Å². The molecule has 0 saturated carbocycles. The van der Waals surface area contributed by atoms with E-state index in [0.29, 0.717) is 20.5 Å². The Kier molecular flexibility index (Phi) is 8.75. The van der Waals surface area contributed by atoms with Crippen LogP contribution in [0, 0.1) is 6.92 Å². The fraction of sp³-hybridized carbons (Fsp3) is 0.182. The molecule has 1 aliphatic rings. The molecule has 0 radical (unpaired) electrons. The normalized spacial score (nSPS) is 15.0. The van der Waals surface area contributed by atoms with Gasteiger partial charge in [-0.15, -0.1) is 0 Å². The topological polar surface area (TPSA) is 122 Å². The number of amides is 2. The zero-order valence-electron chi connectivity index (χ0n) is 24.9. The zero-order valence-corrected chi connectivity index (χ0v) is 27.3. The highest BCUT2D eigenvalue weighted by atomic mass is 35.5. The Balaban J connectivity index is 1.44. The lowest BCUT2D eigenvalue weighted by atomic mass is 9.93. The molecule has 1 atom stereocenters. The molecule has 1 aromatic heterocycles. The molecule has 0 fully saturated rings. The molecule has 1 aliphatic heterocycles. The van der Waals surface area contributed by atoms with Crippen LogP contribution in [-0.2, 0) is 29.2 Å². The van der Waals surface area contributed by atoms with Crippen molar-refractivity contribution in [3.63, 3.8) is 0 Å². The fourth-order valence-corrected chi connectivity index (χ4v) is 7.19. The molecule has 2 amide bonds. The lowest BCUT2D eigenvalue weighted by Crippen LogP contribution is -2.46. The molecular formula is C33H25Cl2F3N4O5S. The van der Waals surface area contributed by atoms with Crippen molar-refractivity contribution in [2.75, 3.05) is 6.61 Å². The minimum atomic E-state index is -4.98. The quantitative estimate of drug-likeness (QED) is 0.212. The Bertz CT molecular complexity index is 2220. The van der Waals surface area contributed by atoms with E-state index in [4.69, 9.17) is 23.2 Å². The van der Waals surface area contributed by atoms with Crippen LogP contribution in [-0.4, -0.2) is 52.7 Å². The van der Waals surface area contributed by atoms with E-state index in [0.717, 1.165) is 29.3 Å². The summed E-state index contributed by atoms with van der Waals surface area (Å²) in [6, 6.07) is 18.7. The molecule has 248 valence electrons. The summed E-state index contributed by atoms with van der Waals surface area (Å²) in [4.78, 5) is 28.7. The van der Waals surface area contributed by atoms with Gasteiger partial charge in [-0.25, -0.2) is 17.8 Å². The summed E-state index contributed by atoms with van der Waals surface area (Å²) in [6.07, 6.45) is -4.72. The van der Waals surface area contributed by atoms with Crippen molar-refractivity contribution in [2.45, 2.75) is 37.0 Å². The van der Waals surface area contributed by atoms with E-state index in [1.54, 1.807) is 30.3 Å². The molecule has 0 spiro atoms. The summed E-state index contributed by atoms with van der Waals surface area (Å²) in [5, 5.41) is 14.9. The summed E-state index contributed by atoms with van der Waals surface area (Å²) in [5.41, 5.74) is -0.948. The van der Waals surface area contributed by atoms with Crippen molar-refractivity contribution in [3.05, 3.63) is 123 Å². The number of benzene rings is 4. The molecule has 0 unspecified atom stereocenters. The van der Waals surface area contributed by atoms with Crippen LogP contribution in [0.3, 0.4) is 0 Å². The van der Waals surface area contributed by atoms with Crippen molar-refractivity contribution in [3.8, 4) is 5.69 Å². The highest BCUT2D eigenvalue weighted by Gasteiger charge is 2.41. The van der Waals surface area contributed by atoms with Gasteiger partial charge >= 0.3 is 6.18 Å². The SMILES string of the molecule is Cc1nn(-c2ccc(C(=O)NS(=O)(=O)c3ccc4cccc(Cl)c4c3)cc2C(=O)N2Cc3ccccc3C[C@H]2CO)c(C(F)(F)F)c1Cl. The number of aryl methyl sites for hydroxylation is 1. The number of carbonyl (C=O) groups is 2. The molecular weight excluding hydrogens is 692 g/mol. The number of hydrogen-bond acceptors (Lipinski definition) is 6. The van der Waals surface area contributed by atoms with Crippen LogP contribution in [0.2, 0.25) is 10.0 Å². The second-order valence-corrected chi connectivity index (χ2v) is 13.7. The molecule has 5 aromatic rings. The van der Waals surface area contributed by atoms with Gasteiger partial charge in [0.05, 0.1) is 39.5 Å². The second kappa shape index (κ2) is 12.5. The molecule has 0 saturated heterocycles. The number of aliphatic hydroxyl groups excluding tert-OH is 1. The number of hydrogen-bond donors (Lipinski definition) is 2. The van der Waals surface area contributed by atoms with Gasteiger partial charge in [-0.05, 0) is 66.3 Å². The predicted molar refractivity (Wildman–Crippen MR) is 173 cm³/mol. The number of nitrogens with one attached hydrogen (secondary N) is 1. The number of fused-ring (bicyclic) bond motifs is 2. The minimum absolute atomic E-state index is 0.0139. The number of aliphatic hydroxyl groups is 1. The number of sulfonamides is 1. The van der Waals surface area contributed by atoms with Gasteiger partial charge in [0.25, 0.3) is 21.8 Å². The summed E-state index contributed by atoms with van der Waals surface area (Å²) >= 11 is 12.3. The highest BCUT2D eigenvalue weighted by molar-refractivity contribution is 7.90. The summed E-state index contributed by atoms with van der Waals surface area (Å²) < 4.78 is 71.7. The van der Waals surface area contributed by atoms with Crippen LogP contribution in [0.1, 0.15) is 43.2 Å². The van der Waals surface area contributed by atoms with Crippen molar-refractivity contribution < 1.29 is 36.3 Å². The van der Waals surface area contributed by atoms with Crippen LogP contribution in [0.15, 0.2) is 83.8 Å². The molecule has 4 aromatic carbocycles. The van der Waals surface area contributed by atoms with Gasteiger partial charge in [0, 0.05) is 22.5 Å². The smallest absolute Gasteiger partial charge is 0.394 e. The Morgan fingerprint density at radius 2 is 1.73 bits per heavy atom. The summed E-state index contributed by atoms with van der Waals surface area (Å²) in [5.74, 6) is -1.97. The summed E-state index contributed by atoms with van der Waals surface area (Å²) in [6.45, 7) is 0.829. The number of aromatic nitrogens is 2. The third-order valence-corrected chi connectivity index (χ3v) is 10.2. The van der Waals surface area contributed by atoms with Gasteiger partial charge in [0.15, 0.2) is 5.69 Å². The van der Waals surface area contributed by atoms with Crippen LogP contribution >= 0.6 is 23.2 Å². The Morgan fingerprint density at radius 3 is 2.44 bits per heavy atom. The second-order valence-electron chi connectivity index (χ2n) is 11.2. The monoisotopic (exact) mass is 716 g/mol. The molecule has 15 heteroatoms. The molecule has 2 N–H and O–H groups in total. The Hall–Kier alpha value is -4.43. The lowest BCUT2D eigenvalue weighted by Gasteiger charge is -2.36. The van der Waals surface area contributed by atoms with Gasteiger partial charge in [0.1, 0.15) is 0 Å². The molecule has 0 bridgehead atoms. The van der Waals surface area contributed by atoms with Crippen LogP contribution in [0.25, 0.3) is 16.5 Å². The third kappa shape index (κ3) is 6.14. The van der Waals surface area contributed by atoms with Gasteiger partial charge in [-0.3, -0.25) is 9.59 Å². The van der Waals surface area contributed by atoms with Gasteiger partial charge in [-0.1, -0.05) is 65.7 Å².